The third-order valence-electron chi connectivity index (χ3n) is 3.63. The molecule has 0 radical (unpaired) electrons. The average molecular weight is 283 g/mol. The van der Waals surface area contributed by atoms with Crippen molar-refractivity contribution in [2.24, 2.45) is 5.14 Å². The Bertz CT molecular complexity index is 517. The summed E-state index contributed by atoms with van der Waals surface area (Å²) in [5.41, 5.74) is 4.24. The molecule has 1 heterocycles. The van der Waals surface area contributed by atoms with E-state index in [-0.39, 0.29) is 4.90 Å². The molecule has 106 valence electrons. The van der Waals surface area contributed by atoms with Crippen molar-refractivity contribution in [1.29, 1.82) is 0 Å². The SMILES string of the molecule is CC1CCCC(C)N1Nc1ccc(S(N)(=O)=O)cc1. The number of piperidine rings is 1. The van der Waals surface area contributed by atoms with Gasteiger partial charge in [0.25, 0.3) is 0 Å². The van der Waals surface area contributed by atoms with Crippen LogP contribution in [-0.4, -0.2) is 25.5 Å². The average Bonchev–Trinajstić information content (AvgIpc) is 2.33. The molecule has 0 aliphatic carbocycles. The van der Waals surface area contributed by atoms with E-state index in [1.807, 2.05) is 0 Å². The molecule has 1 aromatic carbocycles. The van der Waals surface area contributed by atoms with Gasteiger partial charge in [-0.1, -0.05) is 6.42 Å². The lowest BCUT2D eigenvalue weighted by molar-refractivity contribution is 0.136. The van der Waals surface area contributed by atoms with Crippen LogP contribution in [0.4, 0.5) is 5.69 Å². The molecule has 1 aromatic rings. The number of hydrogen-bond donors (Lipinski definition) is 2. The minimum Gasteiger partial charge on any atom is -0.318 e. The second-order valence-electron chi connectivity index (χ2n) is 5.22. The van der Waals surface area contributed by atoms with Crippen molar-refractivity contribution >= 4 is 15.7 Å². The van der Waals surface area contributed by atoms with E-state index >= 15 is 0 Å². The molecule has 0 bridgehead atoms. The van der Waals surface area contributed by atoms with Crippen LogP contribution in [0, 0.1) is 0 Å². The van der Waals surface area contributed by atoms with Crippen LogP contribution in [0.15, 0.2) is 29.2 Å². The van der Waals surface area contributed by atoms with Crippen molar-refractivity contribution in [3.8, 4) is 0 Å². The molecule has 0 aromatic heterocycles. The molecule has 2 rings (SSSR count). The van der Waals surface area contributed by atoms with Crippen LogP contribution in [0.2, 0.25) is 0 Å². The van der Waals surface area contributed by atoms with E-state index in [0.717, 1.165) is 5.69 Å². The highest BCUT2D eigenvalue weighted by Crippen LogP contribution is 2.23. The summed E-state index contributed by atoms with van der Waals surface area (Å²) in [5, 5.41) is 7.31. The van der Waals surface area contributed by atoms with Gasteiger partial charge >= 0.3 is 0 Å². The lowest BCUT2D eigenvalue weighted by Crippen LogP contribution is -2.47. The van der Waals surface area contributed by atoms with Gasteiger partial charge in [-0.25, -0.2) is 18.6 Å². The highest BCUT2D eigenvalue weighted by molar-refractivity contribution is 7.89. The van der Waals surface area contributed by atoms with Gasteiger partial charge in [0.05, 0.1) is 4.90 Å². The summed E-state index contributed by atoms with van der Waals surface area (Å²) in [6, 6.07) is 7.48. The molecule has 5 nitrogen and oxygen atoms in total. The van der Waals surface area contributed by atoms with Gasteiger partial charge in [0, 0.05) is 17.8 Å². The molecule has 2 unspecified atom stereocenters. The lowest BCUT2D eigenvalue weighted by atomic mass is 10.00. The van der Waals surface area contributed by atoms with E-state index in [1.54, 1.807) is 12.1 Å². The zero-order chi connectivity index (χ0) is 14.0. The molecule has 2 atom stereocenters. The molecule has 1 aliphatic rings. The van der Waals surface area contributed by atoms with Gasteiger partial charge in [-0.15, -0.1) is 0 Å². The Balaban J connectivity index is 2.11. The molecular formula is C13H21N3O2S. The molecule has 1 saturated heterocycles. The van der Waals surface area contributed by atoms with E-state index in [1.165, 1.54) is 31.4 Å². The van der Waals surface area contributed by atoms with Crippen LogP contribution in [0.3, 0.4) is 0 Å². The molecule has 3 N–H and O–H groups in total. The molecule has 6 heteroatoms. The molecule has 1 aliphatic heterocycles. The van der Waals surface area contributed by atoms with Gasteiger partial charge in [-0.05, 0) is 51.0 Å². The number of hydrazine groups is 1. The number of nitrogens with zero attached hydrogens (tertiary/aromatic N) is 1. The fraction of sp³-hybridized carbons (Fsp3) is 0.538. The summed E-state index contributed by atoms with van der Waals surface area (Å²) in [5.74, 6) is 0. The first-order chi connectivity index (χ1) is 8.88. The van der Waals surface area contributed by atoms with E-state index in [4.69, 9.17) is 5.14 Å². The summed E-state index contributed by atoms with van der Waals surface area (Å²) in [6.07, 6.45) is 3.60. The Hall–Kier alpha value is -1.11. The second-order valence-corrected chi connectivity index (χ2v) is 6.78. The summed E-state index contributed by atoms with van der Waals surface area (Å²) in [4.78, 5) is 0.137. The zero-order valence-corrected chi connectivity index (χ0v) is 12.2. The van der Waals surface area contributed by atoms with E-state index in [0.29, 0.717) is 12.1 Å². The first-order valence-electron chi connectivity index (χ1n) is 6.56. The van der Waals surface area contributed by atoms with Crippen LogP contribution in [0.1, 0.15) is 33.1 Å². The topological polar surface area (TPSA) is 75.4 Å². The predicted octanol–water partition coefficient (Wildman–Crippen LogP) is 1.92. The van der Waals surface area contributed by atoms with E-state index in [2.05, 4.69) is 24.3 Å². The Kier molecular flexibility index (Phi) is 4.13. The minimum atomic E-state index is -3.62. The molecular weight excluding hydrogens is 262 g/mol. The quantitative estimate of drug-likeness (QED) is 0.888. The summed E-state index contributed by atoms with van der Waals surface area (Å²) in [6.45, 7) is 4.39. The molecule has 0 amide bonds. The third kappa shape index (κ3) is 3.46. The maximum atomic E-state index is 11.2. The van der Waals surface area contributed by atoms with Crippen molar-refractivity contribution in [3.63, 3.8) is 0 Å². The molecule has 0 saturated carbocycles. The fourth-order valence-corrected chi connectivity index (χ4v) is 3.03. The van der Waals surface area contributed by atoms with Crippen LogP contribution in [0.25, 0.3) is 0 Å². The first-order valence-corrected chi connectivity index (χ1v) is 8.10. The largest absolute Gasteiger partial charge is 0.318 e. The van der Waals surface area contributed by atoms with Gasteiger partial charge < -0.3 is 5.43 Å². The lowest BCUT2D eigenvalue weighted by Gasteiger charge is -2.39. The number of primary sulfonamides is 1. The van der Waals surface area contributed by atoms with Crippen LogP contribution in [0.5, 0.6) is 0 Å². The number of nitrogens with one attached hydrogen (secondary N) is 1. The Morgan fingerprint density at radius 1 is 1.16 bits per heavy atom. The normalized spacial score (nSPS) is 25.2. The summed E-state index contributed by atoms with van der Waals surface area (Å²) >= 11 is 0. The maximum absolute atomic E-state index is 11.2. The highest BCUT2D eigenvalue weighted by atomic mass is 32.2. The Labute approximate surface area is 114 Å². The monoisotopic (exact) mass is 283 g/mol. The first kappa shape index (κ1) is 14.3. The number of sulfonamides is 1. The number of nitrogens with two attached hydrogens (primary N) is 1. The molecule has 19 heavy (non-hydrogen) atoms. The molecule has 0 spiro atoms. The van der Waals surface area contributed by atoms with Crippen molar-refractivity contribution in [2.75, 3.05) is 5.43 Å². The Morgan fingerprint density at radius 2 is 1.68 bits per heavy atom. The molecule has 1 fully saturated rings. The van der Waals surface area contributed by atoms with Crippen LogP contribution < -0.4 is 10.6 Å². The summed E-state index contributed by atoms with van der Waals surface area (Å²) in [7, 11) is -3.62. The van der Waals surface area contributed by atoms with Crippen molar-refractivity contribution in [1.82, 2.24) is 5.01 Å². The predicted molar refractivity (Wildman–Crippen MR) is 76.1 cm³/mol. The number of benzene rings is 1. The fourth-order valence-electron chi connectivity index (χ4n) is 2.51. The smallest absolute Gasteiger partial charge is 0.238 e. The van der Waals surface area contributed by atoms with Gasteiger partial charge in [-0.3, -0.25) is 0 Å². The highest BCUT2D eigenvalue weighted by Gasteiger charge is 2.24. The standard InChI is InChI=1S/C13H21N3O2S/c1-10-4-3-5-11(2)16(10)15-12-6-8-13(9-7-12)19(14,17)18/h6-11,15H,3-5H2,1-2H3,(H2,14,17,18). The van der Waals surface area contributed by atoms with E-state index < -0.39 is 10.0 Å². The van der Waals surface area contributed by atoms with Crippen LogP contribution >= 0.6 is 0 Å². The van der Waals surface area contributed by atoms with Gasteiger partial charge in [-0.2, -0.15) is 0 Å². The van der Waals surface area contributed by atoms with Crippen LogP contribution in [-0.2, 0) is 10.0 Å². The number of hydrogen-bond acceptors (Lipinski definition) is 4. The summed E-state index contributed by atoms with van der Waals surface area (Å²) < 4.78 is 22.4. The third-order valence-corrected chi connectivity index (χ3v) is 4.56. The minimum absolute atomic E-state index is 0.137. The van der Waals surface area contributed by atoms with Crippen molar-refractivity contribution in [3.05, 3.63) is 24.3 Å². The van der Waals surface area contributed by atoms with E-state index in [9.17, 15) is 8.42 Å². The second kappa shape index (κ2) is 5.48. The van der Waals surface area contributed by atoms with Gasteiger partial charge in [0.2, 0.25) is 10.0 Å². The van der Waals surface area contributed by atoms with Gasteiger partial charge in [0.15, 0.2) is 0 Å². The Morgan fingerprint density at radius 3 is 2.16 bits per heavy atom. The number of anilines is 1. The number of rotatable bonds is 3. The van der Waals surface area contributed by atoms with Gasteiger partial charge in [0.1, 0.15) is 0 Å². The zero-order valence-electron chi connectivity index (χ0n) is 11.3. The van der Waals surface area contributed by atoms with Crippen molar-refractivity contribution < 1.29 is 8.42 Å². The maximum Gasteiger partial charge on any atom is 0.238 e. The van der Waals surface area contributed by atoms with Crippen molar-refractivity contribution in [2.45, 2.75) is 50.1 Å².